The number of rotatable bonds is 7. The first-order valence-electron chi connectivity index (χ1n) is 6.55. The van der Waals surface area contributed by atoms with Crippen LogP contribution in [0, 0.1) is 11.3 Å². The van der Waals surface area contributed by atoms with E-state index in [1.807, 2.05) is 36.2 Å². The summed E-state index contributed by atoms with van der Waals surface area (Å²) in [6.45, 7) is 0.675. The number of hydrogen-bond acceptors (Lipinski definition) is 6. The fourth-order valence-corrected chi connectivity index (χ4v) is 2.31. The molecule has 0 amide bonds. The standard InChI is InChI=1S/C14H15N5O2S/c1-19(8-2-7-15)11-5-3-10(4-6-11)13-16-14(18-17-13)22-9-12(20)21/h3-6H,2,8-9H2,1H3,(H,20,21)(H,16,17,18). The summed E-state index contributed by atoms with van der Waals surface area (Å²) in [5.74, 6) is -0.375. The van der Waals surface area contributed by atoms with E-state index in [-0.39, 0.29) is 5.75 Å². The highest BCUT2D eigenvalue weighted by Crippen LogP contribution is 2.22. The predicted molar refractivity (Wildman–Crippen MR) is 83.7 cm³/mol. The largest absolute Gasteiger partial charge is 0.481 e. The molecule has 22 heavy (non-hydrogen) atoms. The predicted octanol–water partition coefficient (Wildman–Crippen LogP) is 2.00. The van der Waals surface area contributed by atoms with Crippen molar-refractivity contribution in [3.8, 4) is 17.5 Å². The van der Waals surface area contributed by atoms with Gasteiger partial charge in [0.05, 0.1) is 18.2 Å². The van der Waals surface area contributed by atoms with Gasteiger partial charge in [0.2, 0.25) is 5.16 Å². The van der Waals surface area contributed by atoms with Crippen molar-refractivity contribution in [2.24, 2.45) is 0 Å². The Morgan fingerprint density at radius 1 is 1.45 bits per heavy atom. The molecule has 0 saturated heterocycles. The maximum atomic E-state index is 10.5. The number of aromatic nitrogens is 3. The van der Waals surface area contributed by atoms with Gasteiger partial charge >= 0.3 is 5.97 Å². The van der Waals surface area contributed by atoms with Crippen LogP contribution in [-0.2, 0) is 4.79 Å². The molecule has 1 heterocycles. The van der Waals surface area contributed by atoms with E-state index < -0.39 is 5.97 Å². The summed E-state index contributed by atoms with van der Waals surface area (Å²) < 4.78 is 0. The van der Waals surface area contributed by atoms with Crippen molar-refractivity contribution in [2.75, 3.05) is 24.2 Å². The van der Waals surface area contributed by atoms with Crippen molar-refractivity contribution >= 4 is 23.4 Å². The molecule has 7 nitrogen and oxygen atoms in total. The number of nitriles is 1. The van der Waals surface area contributed by atoms with E-state index in [4.69, 9.17) is 10.4 Å². The van der Waals surface area contributed by atoms with Gasteiger partial charge < -0.3 is 10.0 Å². The second-order valence-electron chi connectivity index (χ2n) is 4.53. The van der Waals surface area contributed by atoms with Gasteiger partial charge in [-0.05, 0) is 24.3 Å². The second-order valence-corrected chi connectivity index (χ2v) is 5.47. The number of hydrogen-bond donors (Lipinski definition) is 2. The Kier molecular flexibility index (Phi) is 5.38. The number of nitrogens with zero attached hydrogens (tertiary/aromatic N) is 4. The van der Waals surface area contributed by atoms with Crippen molar-refractivity contribution in [2.45, 2.75) is 11.6 Å². The molecule has 2 aromatic rings. The molecule has 114 valence electrons. The zero-order chi connectivity index (χ0) is 15.9. The van der Waals surface area contributed by atoms with Gasteiger partial charge in [-0.3, -0.25) is 9.89 Å². The van der Waals surface area contributed by atoms with Crippen LogP contribution in [0.4, 0.5) is 5.69 Å². The van der Waals surface area contributed by atoms with Crippen LogP contribution in [0.1, 0.15) is 6.42 Å². The fraction of sp³-hybridized carbons (Fsp3) is 0.286. The van der Waals surface area contributed by atoms with Gasteiger partial charge in [0.15, 0.2) is 5.82 Å². The van der Waals surface area contributed by atoms with Crippen LogP contribution in [0.2, 0.25) is 0 Å². The molecule has 0 aliphatic heterocycles. The Bertz CT molecular complexity index is 677. The van der Waals surface area contributed by atoms with Crippen LogP contribution < -0.4 is 4.90 Å². The fourth-order valence-electron chi connectivity index (χ4n) is 1.79. The average molecular weight is 317 g/mol. The monoisotopic (exact) mass is 317 g/mol. The average Bonchev–Trinajstić information content (AvgIpc) is 2.99. The van der Waals surface area contributed by atoms with Crippen molar-refractivity contribution in [3.63, 3.8) is 0 Å². The first-order valence-corrected chi connectivity index (χ1v) is 7.54. The molecule has 0 aliphatic rings. The molecular weight excluding hydrogens is 302 g/mol. The Hall–Kier alpha value is -2.53. The number of carboxylic acid groups (broad SMARTS) is 1. The quantitative estimate of drug-likeness (QED) is 0.752. The second kappa shape index (κ2) is 7.47. The molecule has 2 N–H and O–H groups in total. The molecule has 0 fully saturated rings. The lowest BCUT2D eigenvalue weighted by Gasteiger charge is -2.17. The Balaban J connectivity index is 2.04. The van der Waals surface area contributed by atoms with E-state index >= 15 is 0 Å². The highest BCUT2D eigenvalue weighted by Gasteiger charge is 2.08. The van der Waals surface area contributed by atoms with Crippen molar-refractivity contribution < 1.29 is 9.90 Å². The number of thioether (sulfide) groups is 1. The summed E-state index contributed by atoms with van der Waals surface area (Å²) in [4.78, 5) is 16.8. The number of carboxylic acids is 1. The van der Waals surface area contributed by atoms with Gasteiger partial charge in [-0.15, -0.1) is 5.10 Å². The normalized spacial score (nSPS) is 10.2. The molecule has 0 atom stereocenters. The topological polar surface area (TPSA) is 106 Å². The molecular formula is C14H15N5O2S. The minimum atomic E-state index is -0.902. The first-order chi connectivity index (χ1) is 10.6. The molecule has 0 bridgehead atoms. The summed E-state index contributed by atoms with van der Waals surface area (Å²) in [5, 5.41) is 24.4. The van der Waals surface area contributed by atoms with Crippen LogP contribution in [-0.4, -0.2) is 45.6 Å². The van der Waals surface area contributed by atoms with E-state index in [0.29, 0.717) is 23.9 Å². The maximum absolute atomic E-state index is 10.5. The highest BCUT2D eigenvalue weighted by atomic mass is 32.2. The summed E-state index contributed by atoms with van der Waals surface area (Å²) in [6.07, 6.45) is 0.477. The number of anilines is 1. The van der Waals surface area contributed by atoms with E-state index in [1.165, 1.54) is 0 Å². The molecule has 0 unspecified atom stereocenters. The van der Waals surface area contributed by atoms with Crippen LogP contribution in [0.3, 0.4) is 0 Å². The summed E-state index contributed by atoms with van der Waals surface area (Å²) in [5.41, 5.74) is 1.88. The Morgan fingerprint density at radius 3 is 2.82 bits per heavy atom. The molecule has 1 aromatic heterocycles. The number of aliphatic carboxylic acids is 1. The van der Waals surface area contributed by atoms with Crippen LogP contribution in [0.25, 0.3) is 11.4 Å². The molecule has 0 radical (unpaired) electrons. The maximum Gasteiger partial charge on any atom is 0.313 e. The molecule has 0 saturated carbocycles. The zero-order valence-electron chi connectivity index (χ0n) is 12.0. The first kappa shape index (κ1) is 15.9. The van der Waals surface area contributed by atoms with Gasteiger partial charge in [0.1, 0.15) is 0 Å². The SMILES string of the molecule is CN(CCC#N)c1ccc(-c2nc(SCC(=O)O)n[nH]2)cc1. The van der Waals surface area contributed by atoms with Crippen LogP contribution in [0.15, 0.2) is 29.4 Å². The molecule has 8 heteroatoms. The molecule has 2 rings (SSSR count). The van der Waals surface area contributed by atoms with E-state index in [1.54, 1.807) is 0 Å². The zero-order valence-corrected chi connectivity index (χ0v) is 12.8. The van der Waals surface area contributed by atoms with Gasteiger partial charge in [-0.2, -0.15) is 5.26 Å². The van der Waals surface area contributed by atoms with Crippen LogP contribution in [0.5, 0.6) is 0 Å². The summed E-state index contributed by atoms with van der Waals surface area (Å²) >= 11 is 1.07. The highest BCUT2D eigenvalue weighted by molar-refractivity contribution is 7.99. The molecule has 0 aliphatic carbocycles. The lowest BCUT2D eigenvalue weighted by atomic mass is 10.2. The number of H-pyrrole nitrogens is 1. The number of benzene rings is 1. The van der Waals surface area contributed by atoms with Gasteiger partial charge in [-0.25, -0.2) is 4.98 Å². The van der Waals surface area contributed by atoms with Crippen molar-refractivity contribution in [3.05, 3.63) is 24.3 Å². The number of carbonyl (C=O) groups is 1. The summed E-state index contributed by atoms with van der Waals surface area (Å²) in [6, 6.07) is 9.82. The number of nitrogens with one attached hydrogen (secondary N) is 1. The Labute approximate surface area is 132 Å². The van der Waals surface area contributed by atoms with Crippen molar-refractivity contribution in [1.82, 2.24) is 15.2 Å². The minimum Gasteiger partial charge on any atom is -0.481 e. The van der Waals surface area contributed by atoms with Gasteiger partial charge in [0.25, 0.3) is 0 Å². The molecule has 1 aromatic carbocycles. The van der Waals surface area contributed by atoms with E-state index in [0.717, 1.165) is 23.0 Å². The van der Waals surface area contributed by atoms with E-state index in [2.05, 4.69) is 21.3 Å². The smallest absolute Gasteiger partial charge is 0.313 e. The van der Waals surface area contributed by atoms with Crippen LogP contribution >= 0.6 is 11.8 Å². The van der Waals surface area contributed by atoms with Gasteiger partial charge in [-0.1, -0.05) is 11.8 Å². The van der Waals surface area contributed by atoms with Gasteiger partial charge in [0, 0.05) is 24.8 Å². The lowest BCUT2D eigenvalue weighted by Crippen LogP contribution is -2.17. The molecule has 0 spiro atoms. The third kappa shape index (κ3) is 4.23. The lowest BCUT2D eigenvalue weighted by molar-refractivity contribution is -0.133. The third-order valence-electron chi connectivity index (χ3n) is 2.93. The Morgan fingerprint density at radius 2 is 2.18 bits per heavy atom. The third-order valence-corrected chi connectivity index (χ3v) is 3.76. The van der Waals surface area contributed by atoms with Crippen molar-refractivity contribution in [1.29, 1.82) is 5.26 Å². The summed E-state index contributed by atoms with van der Waals surface area (Å²) in [7, 11) is 1.93. The van der Waals surface area contributed by atoms with E-state index in [9.17, 15) is 4.79 Å². The minimum absolute atomic E-state index is 0.0695. The number of aromatic amines is 1.